The van der Waals surface area contributed by atoms with Crippen molar-refractivity contribution in [2.75, 3.05) is 13.2 Å². The highest BCUT2D eigenvalue weighted by Gasteiger charge is 2.53. The van der Waals surface area contributed by atoms with Crippen LogP contribution in [0.4, 0.5) is 4.70 Å². The van der Waals surface area contributed by atoms with Crippen LogP contribution in [0.1, 0.15) is 232 Å². The first-order valence-corrected chi connectivity index (χ1v) is 46.4. The number of hydrogen-bond acceptors (Lipinski definition) is 10. The van der Waals surface area contributed by atoms with Gasteiger partial charge in [-0.3, -0.25) is 4.70 Å². The zero-order chi connectivity index (χ0) is 71.3. The van der Waals surface area contributed by atoms with Crippen molar-refractivity contribution in [1.82, 2.24) is 0 Å². The molecule has 0 bridgehead atoms. The van der Waals surface area contributed by atoms with Gasteiger partial charge < -0.3 is 38.1 Å². The van der Waals surface area contributed by atoms with Crippen molar-refractivity contribution in [3.8, 4) is 12.3 Å². The second kappa shape index (κ2) is 36.4. The van der Waals surface area contributed by atoms with Gasteiger partial charge in [-0.25, -0.2) is 9.59 Å². The van der Waals surface area contributed by atoms with Crippen molar-refractivity contribution in [3.05, 3.63) is 83.0 Å². The molecule has 0 spiro atoms. The summed E-state index contributed by atoms with van der Waals surface area (Å²) in [4.78, 5) is 25.5. The van der Waals surface area contributed by atoms with Gasteiger partial charge in [-0.15, -0.1) is 18.9 Å². The third kappa shape index (κ3) is 22.0. The van der Waals surface area contributed by atoms with Crippen LogP contribution in [-0.4, -0.2) is 102 Å². The van der Waals surface area contributed by atoms with Crippen molar-refractivity contribution in [3.63, 3.8) is 0 Å². The predicted octanol–water partition coefficient (Wildman–Crippen LogP) is 21.0. The van der Waals surface area contributed by atoms with Gasteiger partial charge in [0.2, 0.25) is 0 Å². The Morgan fingerprint density at radius 3 is 1.60 bits per heavy atom. The van der Waals surface area contributed by atoms with Gasteiger partial charge in [0, 0.05) is 55.5 Å². The Kier molecular flexibility index (Phi) is 33.2. The number of ether oxygens (including phenoxy) is 2. The standard InChI is InChI=1S/C30H44O5.C29H60O3Si3.C19H27BrO2.C2H6.FH/c1-18(15-23-16-19(2)29(34)35-23)25-11-12-26-21(7-5-13-30(25,26)4)9-10-22-17-27(32)24(8-6-14-31)28(33)20(22)3;1-18-21-26(32-35(16,17)29(9,10)11)24(22-20-23-30-33(12,13)27(3,4)5)25(19-2)31-34(14,15)28(6,7)8;1-12(9-15-10-13(2)18(21)22-15)16-6-7-17-14(11-20)5-4-8-19(16,17)3;1-2;/h9-10,18,23-28,31-33H,2-3,5-8,11-17H2,1,4H3;1,19,24-26H,2,20-23H2,3-17H3;11-12,15-17H,2,4-10H2,1,3H3;1-2H3;1H/b21-9+,22-10-;;14-11+;;/t18-,23-,24+,25-,26+,27-,28-,30-;24-,25-,26-;12-,15-,16-,17+,19-;;/m111../s1. The molecule has 3 N–H and O–H groups in total. The highest BCUT2D eigenvalue weighted by Crippen LogP contribution is 2.62. The molecule has 5 aliphatic carbocycles. The van der Waals surface area contributed by atoms with Crippen LogP contribution in [0.3, 0.4) is 0 Å². The van der Waals surface area contributed by atoms with Crippen LogP contribution in [0.15, 0.2) is 83.0 Å². The summed E-state index contributed by atoms with van der Waals surface area (Å²) in [6.45, 7) is 64.9. The summed E-state index contributed by atoms with van der Waals surface area (Å²) in [5.41, 5.74) is 6.68. The predicted molar refractivity (Wildman–Crippen MR) is 407 cm³/mol. The smallest absolute Gasteiger partial charge is 0.333 e. The molecule has 0 unspecified atom stereocenters. The third-order valence-corrected chi connectivity index (χ3v) is 39.2. The topological polar surface area (TPSA) is 141 Å². The molecule has 0 aromatic rings. The minimum atomic E-state index is -2.02. The molecular formula is C80H138BrFO10Si3. The van der Waals surface area contributed by atoms with E-state index in [1.54, 1.807) is 5.57 Å². The lowest BCUT2D eigenvalue weighted by Gasteiger charge is -2.45. The molecule has 10 nitrogen and oxygen atoms in total. The quantitative estimate of drug-likeness (QED) is 0.0226. The maximum atomic E-state index is 11.8. The van der Waals surface area contributed by atoms with Gasteiger partial charge in [0.1, 0.15) is 12.2 Å². The van der Waals surface area contributed by atoms with E-state index in [1.807, 2.05) is 19.9 Å². The van der Waals surface area contributed by atoms with E-state index < -0.39 is 37.2 Å². The summed E-state index contributed by atoms with van der Waals surface area (Å²) in [6.07, 6.45) is 30.7. The number of aliphatic hydroxyl groups is 3. The number of terminal acetylenes is 1. The highest BCUT2D eigenvalue weighted by atomic mass is 79.9. The van der Waals surface area contributed by atoms with Crippen molar-refractivity contribution in [1.29, 1.82) is 0 Å². The number of allylic oxidation sites excluding steroid dienone is 4. The van der Waals surface area contributed by atoms with Gasteiger partial charge in [-0.05, 0) is 226 Å². The molecule has 0 amide bonds. The second-order valence-electron chi connectivity index (χ2n) is 34.5. The number of halogens is 2. The maximum Gasteiger partial charge on any atom is 0.333 e. The number of carbonyl (C=O) groups excluding carboxylic acids is 2. The molecule has 7 aliphatic rings. The molecule has 7 rings (SSSR count). The maximum absolute atomic E-state index is 11.8. The fourth-order valence-corrected chi connectivity index (χ4v) is 20.8. The Morgan fingerprint density at radius 1 is 0.716 bits per heavy atom. The van der Waals surface area contributed by atoms with E-state index in [-0.39, 0.29) is 80.0 Å². The van der Waals surface area contributed by atoms with Crippen molar-refractivity contribution >= 4 is 52.8 Å². The number of hydrogen-bond donors (Lipinski definition) is 3. The Balaban J connectivity index is 0.000000373. The molecule has 2 aliphatic heterocycles. The van der Waals surface area contributed by atoms with Gasteiger partial charge in [-0.2, -0.15) is 0 Å². The second-order valence-corrected chi connectivity index (χ2v) is 49.3. The van der Waals surface area contributed by atoms with Crippen LogP contribution < -0.4 is 0 Å². The number of aliphatic hydroxyl groups excluding tert-OH is 3. The zero-order valence-corrected chi connectivity index (χ0v) is 68.4. The van der Waals surface area contributed by atoms with Gasteiger partial charge >= 0.3 is 11.9 Å². The Morgan fingerprint density at radius 2 is 1.18 bits per heavy atom. The van der Waals surface area contributed by atoms with Gasteiger partial charge in [-0.1, -0.05) is 169 Å². The molecular weight excluding hydrogens is 1300 g/mol. The number of carbonyl (C=O) groups is 2. The van der Waals surface area contributed by atoms with Gasteiger partial charge in [0.15, 0.2) is 25.0 Å². The van der Waals surface area contributed by atoms with Gasteiger partial charge in [0.25, 0.3) is 0 Å². The van der Waals surface area contributed by atoms with E-state index in [0.717, 1.165) is 62.5 Å². The Hall–Kier alpha value is -2.50. The molecule has 16 atom stereocenters. The molecule has 2 heterocycles. The lowest BCUT2D eigenvalue weighted by molar-refractivity contribution is -0.140. The largest absolute Gasteiger partial charge is 0.459 e. The van der Waals surface area contributed by atoms with Crippen LogP contribution >= 0.6 is 15.9 Å². The average molecular weight is 1440 g/mol. The minimum Gasteiger partial charge on any atom is -0.459 e. The average Bonchev–Trinajstić information content (AvgIpc) is 1.63. The molecule has 2 saturated heterocycles. The molecule has 95 heavy (non-hydrogen) atoms. The van der Waals surface area contributed by atoms with E-state index in [4.69, 9.17) is 34.3 Å². The number of cyclic esters (lactones) is 2. The third-order valence-electron chi connectivity index (χ3n) is 25.1. The first-order valence-electron chi connectivity index (χ1n) is 36.7. The van der Waals surface area contributed by atoms with E-state index in [9.17, 15) is 19.8 Å². The first kappa shape index (κ1) is 86.7. The molecule has 5 saturated carbocycles. The Bertz CT molecular complexity index is 2660. The molecule has 544 valence electrons. The lowest BCUT2D eigenvalue weighted by atomic mass is 9.60. The van der Waals surface area contributed by atoms with Crippen LogP contribution in [0.5, 0.6) is 0 Å². The van der Waals surface area contributed by atoms with Gasteiger partial charge in [0.05, 0.1) is 24.4 Å². The summed E-state index contributed by atoms with van der Waals surface area (Å²) in [5.74, 6) is 6.14. The summed E-state index contributed by atoms with van der Waals surface area (Å²) < 4.78 is 31.5. The lowest BCUT2D eigenvalue weighted by Crippen LogP contribution is -2.50. The van der Waals surface area contributed by atoms with Crippen molar-refractivity contribution in [2.45, 2.75) is 323 Å². The zero-order valence-electron chi connectivity index (χ0n) is 63.8. The normalized spacial score (nSPS) is 31.0. The van der Waals surface area contributed by atoms with Crippen LogP contribution in [0.2, 0.25) is 54.4 Å². The number of fused-ring (bicyclic) bond motifs is 2. The van der Waals surface area contributed by atoms with E-state index in [2.05, 4.69) is 195 Å². The summed E-state index contributed by atoms with van der Waals surface area (Å²) in [5, 5.41) is 30.9. The highest BCUT2D eigenvalue weighted by molar-refractivity contribution is 9.11. The monoisotopic (exact) mass is 1440 g/mol. The van der Waals surface area contributed by atoms with Crippen LogP contribution in [0, 0.1) is 70.5 Å². The molecule has 0 aromatic heterocycles. The molecule has 0 aromatic carbocycles. The fourth-order valence-electron chi connectivity index (χ4n) is 16.5. The van der Waals surface area contributed by atoms with Crippen molar-refractivity contribution in [2.24, 2.45) is 58.2 Å². The van der Waals surface area contributed by atoms with Crippen molar-refractivity contribution < 1.29 is 52.4 Å². The molecule has 0 radical (unpaired) electrons. The van der Waals surface area contributed by atoms with E-state index >= 15 is 0 Å². The van der Waals surface area contributed by atoms with E-state index in [1.165, 1.54) is 63.4 Å². The van der Waals surface area contributed by atoms with E-state index in [0.29, 0.717) is 77.9 Å². The minimum absolute atomic E-state index is 0. The first-order chi connectivity index (χ1) is 43.5. The Labute approximate surface area is 591 Å². The van der Waals surface area contributed by atoms with Crippen LogP contribution in [0.25, 0.3) is 0 Å². The molecule has 7 fully saturated rings. The summed E-state index contributed by atoms with van der Waals surface area (Å²) in [7, 11) is -5.81. The SMILES string of the molecule is C#CC[C@@H](O[Si](C)(C)C(C)(C)C)[C@H](CCCO[Si](C)(C)C(C)(C)C)[C@@H](C=C)O[Si](C)(C)C(C)(C)C.C=C1C[C@@H](C[C@@H](C)[C@H]2CC[C@H]3/C(=C/Br)CCC[C@]23C)OC1=O.C=C1C[C@@H](C[C@@H](C)[C@H]2CC[C@H]3/C(=C/C=C4/C[C@@H](O)[C@H](CCCO)[C@H](O)C4=C)CCC[C@]23C)OC1=O.CC.F. The van der Waals surface area contributed by atoms with Crippen LogP contribution in [-0.2, 0) is 32.3 Å². The molecule has 15 heteroatoms. The fraction of sp³-hybridized carbons (Fsp3) is 0.775. The number of esters is 2. The number of rotatable bonds is 23. The summed E-state index contributed by atoms with van der Waals surface area (Å²) >= 11 is 3.58. The summed E-state index contributed by atoms with van der Waals surface area (Å²) in [6, 6.07) is 0.